The summed E-state index contributed by atoms with van der Waals surface area (Å²) in [5.74, 6) is 0. The summed E-state index contributed by atoms with van der Waals surface area (Å²) in [6.45, 7) is 5.31. The zero-order chi connectivity index (χ0) is 12.9. The molecule has 0 amide bonds. The molecule has 2 N–H and O–H groups in total. The smallest absolute Gasteiger partial charge is 0.294 e. The van der Waals surface area contributed by atoms with Crippen molar-refractivity contribution in [1.29, 1.82) is 0 Å². The van der Waals surface area contributed by atoms with E-state index in [2.05, 4.69) is 12.2 Å². The van der Waals surface area contributed by atoms with E-state index in [1.807, 2.05) is 6.92 Å². The molecule has 0 aromatic heterocycles. The fourth-order valence-electron chi connectivity index (χ4n) is 1.57. The van der Waals surface area contributed by atoms with Gasteiger partial charge in [-0.2, -0.15) is 8.42 Å². The van der Waals surface area contributed by atoms with E-state index in [-0.39, 0.29) is 4.90 Å². The van der Waals surface area contributed by atoms with Crippen molar-refractivity contribution >= 4 is 10.1 Å². The minimum absolute atomic E-state index is 0.0666. The minimum atomic E-state index is -4.02. The van der Waals surface area contributed by atoms with Crippen LogP contribution in [-0.4, -0.2) is 25.6 Å². The maximum Gasteiger partial charge on any atom is 0.294 e. The molecule has 2 rings (SSSR count). The Morgan fingerprint density at radius 3 is 2.18 bits per heavy atom. The molecule has 96 valence electrons. The van der Waals surface area contributed by atoms with Gasteiger partial charge < -0.3 is 5.32 Å². The summed E-state index contributed by atoms with van der Waals surface area (Å²) in [4.78, 5) is -0.0666. The number of benzene rings is 1. The van der Waals surface area contributed by atoms with Crippen LogP contribution >= 0.6 is 0 Å². The molecule has 0 bridgehead atoms. The predicted octanol–water partition coefficient (Wildman–Crippen LogP) is 2.00. The maximum atomic E-state index is 10.5. The van der Waals surface area contributed by atoms with E-state index in [1.54, 1.807) is 12.1 Å². The van der Waals surface area contributed by atoms with E-state index >= 15 is 0 Å². The van der Waals surface area contributed by atoms with Crippen LogP contribution in [-0.2, 0) is 10.1 Å². The molecule has 17 heavy (non-hydrogen) atoms. The summed E-state index contributed by atoms with van der Waals surface area (Å²) in [7, 11) is -4.02. The molecule has 0 saturated carbocycles. The Morgan fingerprint density at radius 1 is 1.29 bits per heavy atom. The fraction of sp³-hybridized carbons (Fsp3) is 0.500. The average molecular weight is 257 g/mol. The molecule has 1 fully saturated rings. The van der Waals surface area contributed by atoms with Gasteiger partial charge in [-0.1, -0.05) is 17.7 Å². The van der Waals surface area contributed by atoms with Crippen LogP contribution < -0.4 is 5.32 Å². The number of aryl methyl sites for hydroxylation is 1. The SMILES string of the molecule is CC1CCCN1.Cc1ccc(S(=O)(=O)O)cc1. The van der Waals surface area contributed by atoms with E-state index in [4.69, 9.17) is 4.55 Å². The van der Waals surface area contributed by atoms with Crippen molar-refractivity contribution in [1.82, 2.24) is 5.32 Å². The van der Waals surface area contributed by atoms with Crippen molar-refractivity contribution in [3.63, 3.8) is 0 Å². The van der Waals surface area contributed by atoms with Crippen LogP contribution in [0, 0.1) is 6.92 Å². The number of nitrogens with one attached hydrogen (secondary N) is 1. The highest BCUT2D eigenvalue weighted by atomic mass is 32.2. The molecular weight excluding hydrogens is 238 g/mol. The Labute approximate surface area is 103 Å². The van der Waals surface area contributed by atoms with Crippen molar-refractivity contribution in [3.05, 3.63) is 29.8 Å². The number of hydrogen-bond acceptors (Lipinski definition) is 3. The molecule has 4 nitrogen and oxygen atoms in total. The van der Waals surface area contributed by atoms with Gasteiger partial charge in [-0.25, -0.2) is 0 Å². The van der Waals surface area contributed by atoms with E-state index in [0.29, 0.717) is 0 Å². The van der Waals surface area contributed by atoms with Crippen molar-refractivity contribution in [3.8, 4) is 0 Å². The van der Waals surface area contributed by atoms with Crippen molar-refractivity contribution in [2.45, 2.75) is 37.6 Å². The van der Waals surface area contributed by atoms with Crippen LogP contribution in [0.15, 0.2) is 29.2 Å². The first-order valence-corrected chi connectivity index (χ1v) is 7.11. The highest BCUT2D eigenvalue weighted by molar-refractivity contribution is 7.85. The van der Waals surface area contributed by atoms with Gasteiger partial charge in [-0.15, -0.1) is 0 Å². The first kappa shape index (κ1) is 14.2. The standard InChI is InChI=1S/C7H8O3S.C5H11N/c1-6-2-4-7(5-3-6)11(8,9)10;1-5-3-2-4-6-5/h2-5H,1H3,(H,8,9,10);5-6H,2-4H2,1H3. The lowest BCUT2D eigenvalue weighted by atomic mass is 10.2. The Bertz CT molecular complexity index is 433. The van der Waals surface area contributed by atoms with Gasteiger partial charge in [0.15, 0.2) is 0 Å². The second-order valence-corrected chi connectivity index (χ2v) is 5.71. The van der Waals surface area contributed by atoms with Gasteiger partial charge in [0.1, 0.15) is 0 Å². The second kappa shape index (κ2) is 6.14. The molecule has 5 heteroatoms. The van der Waals surface area contributed by atoms with Crippen LogP contribution in [0.4, 0.5) is 0 Å². The van der Waals surface area contributed by atoms with Crippen LogP contribution in [0.5, 0.6) is 0 Å². The summed E-state index contributed by atoms with van der Waals surface area (Å²) in [5.41, 5.74) is 0.956. The summed E-state index contributed by atoms with van der Waals surface area (Å²) < 4.78 is 29.6. The first-order valence-electron chi connectivity index (χ1n) is 5.67. The summed E-state index contributed by atoms with van der Waals surface area (Å²) in [5, 5.41) is 3.32. The topological polar surface area (TPSA) is 66.4 Å². The van der Waals surface area contributed by atoms with Gasteiger partial charge in [-0.05, 0) is 45.4 Å². The molecule has 1 unspecified atom stereocenters. The van der Waals surface area contributed by atoms with Gasteiger partial charge in [0, 0.05) is 6.04 Å². The molecule has 1 atom stereocenters. The number of rotatable bonds is 1. The lowest BCUT2D eigenvalue weighted by molar-refractivity contribution is 0.483. The van der Waals surface area contributed by atoms with Crippen LogP contribution in [0.2, 0.25) is 0 Å². The zero-order valence-electron chi connectivity index (χ0n) is 10.2. The Kier molecular flexibility index (Phi) is 5.11. The third-order valence-electron chi connectivity index (χ3n) is 2.63. The minimum Gasteiger partial charge on any atom is -0.314 e. The Morgan fingerprint density at radius 2 is 1.88 bits per heavy atom. The van der Waals surface area contributed by atoms with Crippen LogP contribution in [0.3, 0.4) is 0 Å². The molecule has 1 saturated heterocycles. The van der Waals surface area contributed by atoms with Gasteiger partial charge in [0.2, 0.25) is 0 Å². The summed E-state index contributed by atoms with van der Waals surface area (Å²) >= 11 is 0. The lowest BCUT2D eigenvalue weighted by Crippen LogP contribution is -2.16. The molecule has 0 radical (unpaired) electrons. The van der Waals surface area contributed by atoms with Crippen LogP contribution in [0.1, 0.15) is 25.3 Å². The van der Waals surface area contributed by atoms with E-state index in [0.717, 1.165) is 11.6 Å². The number of hydrogen-bond donors (Lipinski definition) is 2. The molecule has 1 aromatic carbocycles. The molecule has 1 aliphatic rings. The van der Waals surface area contributed by atoms with E-state index in [1.165, 1.54) is 31.5 Å². The van der Waals surface area contributed by atoms with Crippen molar-refractivity contribution < 1.29 is 13.0 Å². The van der Waals surface area contributed by atoms with Gasteiger partial charge in [0.25, 0.3) is 10.1 Å². The maximum absolute atomic E-state index is 10.5. The van der Waals surface area contributed by atoms with E-state index in [9.17, 15) is 8.42 Å². The lowest BCUT2D eigenvalue weighted by Gasteiger charge is -1.95. The predicted molar refractivity (Wildman–Crippen MR) is 67.7 cm³/mol. The monoisotopic (exact) mass is 257 g/mol. The molecule has 1 heterocycles. The summed E-state index contributed by atoms with van der Waals surface area (Å²) in [6.07, 6.45) is 2.75. The van der Waals surface area contributed by atoms with Crippen LogP contribution in [0.25, 0.3) is 0 Å². The molecule has 1 aromatic rings. The highest BCUT2D eigenvalue weighted by Crippen LogP contribution is 2.08. The largest absolute Gasteiger partial charge is 0.314 e. The third kappa shape index (κ3) is 5.30. The normalized spacial score (nSPS) is 19.6. The van der Waals surface area contributed by atoms with Crippen molar-refractivity contribution in [2.24, 2.45) is 0 Å². The third-order valence-corrected chi connectivity index (χ3v) is 3.49. The molecule has 0 aliphatic carbocycles. The second-order valence-electron chi connectivity index (χ2n) is 4.29. The van der Waals surface area contributed by atoms with E-state index < -0.39 is 10.1 Å². The van der Waals surface area contributed by atoms with Gasteiger partial charge in [0.05, 0.1) is 4.90 Å². The van der Waals surface area contributed by atoms with Gasteiger partial charge in [-0.3, -0.25) is 4.55 Å². The molecule has 0 spiro atoms. The Balaban J connectivity index is 0.000000202. The highest BCUT2D eigenvalue weighted by Gasteiger charge is 2.07. The van der Waals surface area contributed by atoms with Crippen molar-refractivity contribution in [2.75, 3.05) is 6.54 Å². The first-order chi connectivity index (χ1) is 7.89. The summed E-state index contributed by atoms with van der Waals surface area (Å²) in [6, 6.07) is 6.78. The zero-order valence-corrected chi connectivity index (χ0v) is 11.0. The Hall–Kier alpha value is -0.910. The fourth-order valence-corrected chi connectivity index (χ4v) is 2.05. The molecular formula is C12H19NO3S. The quantitative estimate of drug-likeness (QED) is 0.755. The van der Waals surface area contributed by atoms with Gasteiger partial charge >= 0.3 is 0 Å². The average Bonchev–Trinajstić information content (AvgIpc) is 2.69. The molecule has 1 aliphatic heterocycles.